The minimum atomic E-state index is -0.166. The Morgan fingerprint density at radius 3 is 2.23 bits per heavy atom. The Morgan fingerprint density at radius 2 is 1.58 bits per heavy atom. The number of carbonyl (C=O) groups excluding carboxylic acids is 1. The molecular formula is C22H39NO3. The van der Waals surface area contributed by atoms with E-state index in [9.17, 15) is 4.79 Å². The quantitative estimate of drug-likeness (QED) is 0.136. The van der Waals surface area contributed by atoms with Gasteiger partial charge in [-0.05, 0) is 45.1 Å². The largest absolute Gasteiger partial charge is 0.495 e. The van der Waals surface area contributed by atoms with E-state index in [0.29, 0.717) is 13.0 Å². The minimum Gasteiger partial charge on any atom is -0.495 e. The van der Waals surface area contributed by atoms with E-state index < -0.39 is 0 Å². The zero-order chi connectivity index (χ0) is 19.3. The maximum Gasteiger partial charge on any atom is 0.305 e. The molecule has 0 aromatic rings. The normalized spacial score (nSPS) is 11.3. The molecular weight excluding hydrogens is 326 g/mol. The van der Waals surface area contributed by atoms with Crippen LogP contribution in [-0.4, -0.2) is 24.2 Å². The number of hydrogen-bond donors (Lipinski definition) is 2. The van der Waals surface area contributed by atoms with Gasteiger partial charge >= 0.3 is 5.97 Å². The Bertz CT molecular complexity index is 402. The van der Waals surface area contributed by atoms with Gasteiger partial charge in [-0.3, -0.25) is 4.79 Å². The third kappa shape index (κ3) is 20.3. The van der Waals surface area contributed by atoms with Crippen LogP contribution in [0.5, 0.6) is 0 Å². The molecule has 0 amide bonds. The van der Waals surface area contributed by atoms with E-state index in [-0.39, 0.29) is 18.5 Å². The molecule has 0 bridgehead atoms. The first kappa shape index (κ1) is 24.3. The monoisotopic (exact) mass is 365 g/mol. The smallest absolute Gasteiger partial charge is 0.305 e. The molecule has 2 N–H and O–H groups in total. The maximum absolute atomic E-state index is 11.5. The van der Waals surface area contributed by atoms with Crippen molar-refractivity contribution in [2.24, 2.45) is 0 Å². The second-order valence-corrected chi connectivity index (χ2v) is 6.57. The van der Waals surface area contributed by atoms with Gasteiger partial charge in [0, 0.05) is 6.42 Å². The van der Waals surface area contributed by atoms with Gasteiger partial charge in [-0.25, -0.2) is 0 Å². The molecule has 0 aliphatic carbocycles. The van der Waals surface area contributed by atoms with Crippen LogP contribution in [0.25, 0.3) is 0 Å². The van der Waals surface area contributed by atoms with E-state index in [0.717, 1.165) is 25.7 Å². The number of unbranched alkanes of at least 4 members (excludes halogenated alkanes) is 8. The highest BCUT2D eigenvalue weighted by Gasteiger charge is 2.02. The molecule has 0 fully saturated rings. The number of ether oxygens (including phenoxy) is 1. The lowest BCUT2D eigenvalue weighted by atomic mass is 10.1. The van der Waals surface area contributed by atoms with Gasteiger partial charge in [0.05, 0.1) is 6.54 Å². The first-order valence-electron chi connectivity index (χ1n) is 10.2. The molecule has 0 atom stereocenters. The highest BCUT2D eigenvalue weighted by atomic mass is 16.5. The number of carbonyl (C=O) groups is 1. The van der Waals surface area contributed by atoms with E-state index >= 15 is 0 Å². The van der Waals surface area contributed by atoms with Crippen molar-refractivity contribution in [3.05, 3.63) is 36.8 Å². The Hall–Kier alpha value is -1.71. The van der Waals surface area contributed by atoms with Crippen molar-refractivity contribution in [3.63, 3.8) is 0 Å². The molecule has 0 radical (unpaired) electrons. The lowest BCUT2D eigenvalue weighted by Crippen LogP contribution is -2.20. The second-order valence-electron chi connectivity index (χ2n) is 6.57. The molecule has 0 aromatic heterocycles. The Kier molecular flexibility index (Phi) is 18.3. The van der Waals surface area contributed by atoms with Crippen molar-refractivity contribution in [3.8, 4) is 0 Å². The number of rotatable bonds is 18. The molecule has 26 heavy (non-hydrogen) atoms. The van der Waals surface area contributed by atoms with Crippen molar-refractivity contribution >= 4 is 5.97 Å². The van der Waals surface area contributed by atoms with Crippen molar-refractivity contribution < 1.29 is 14.6 Å². The van der Waals surface area contributed by atoms with Gasteiger partial charge < -0.3 is 15.2 Å². The van der Waals surface area contributed by atoms with E-state index in [1.165, 1.54) is 44.9 Å². The van der Waals surface area contributed by atoms with Gasteiger partial charge in [-0.2, -0.15) is 0 Å². The number of nitrogens with one attached hydrogen (secondary N) is 1. The Labute approximate surface area is 160 Å². The summed E-state index contributed by atoms with van der Waals surface area (Å²) in [4.78, 5) is 11.5. The predicted octanol–water partition coefficient (Wildman–Crippen LogP) is 5.96. The van der Waals surface area contributed by atoms with Gasteiger partial charge in [0.1, 0.15) is 6.61 Å². The number of hydrogen-bond acceptors (Lipinski definition) is 4. The fraction of sp³-hybridized carbons (Fsp3) is 0.682. The third-order valence-electron chi connectivity index (χ3n) is 4.03. The lowest BCUT2D eigenvalue weighted by Gasteiger charge is -2.06. The van der Waals surface area contributed by atoms with Crippen molar-refractivity contribution in [1.82, 2.24) is 5.32 Å². The molecule has 4 heteroatoms. The minimum absolute atomic E-state index is 0.102. The van der Waals surface area contributed by atoms with Crippen molar-refractivity contribution in [2.45, 2.75) is 84.0 Å². The first-order chi connectivity index (χ1) is 12.7. The molecule has 0 rings (SSSR count). The summed E-state index contributed by atoms with van der Waals surface area (Å²) in [5.74, 6) is -0.268. The van der Waals surface area contributed by atoms with Gasteiger partial charge in [-0.15, -0.1) is 0 Å². The van der Waals surface area contributed by atoms with Crippen LogP contribution in [0.15, 0.2) is 36.8 Å². The molecule has 0 saturated heterocycles. The molecule has 0 aromatic carbocycles. The molecule has 0 aliphatic heterocycles. The predicted molar refractivity (Wildman–Crippen MR) is 110 cm³/mol. The molecule has 0 spiro atoms. The topological polar surface area (TPSA) is 58.6 Å². The Balaban J connectivity index is 3.29. The van der Waals surface area contributed by atoms with Crippen LogP contribution in [0.2, 0.25) is 0 Å². The average molecular weight is 366 g/mol. The van der Waals surface area contributed by atoms with E-state index in [2.05, 4.69) is 43.1 Å². The molecule has 0 unspecified atom stereocenters. The van der Waals surface area contributed by atoms with E-state index in [4.69, 9.17) is 9.84 Å². The summed E-state index contributed by atoms with van der Waals surface area (Å²) in [6.07, 6.45) is 22.5. The van der Waals surface area contributed by atoms with E-state index in [1.54, 1.807) is 0 Å². The van der Waals surface area contributed by atoms with Crippen LogP contribution in [-0.2, 0) is 9.53 Å². The van der Waals surface area contributed by atoms with Gasteiger partial charge in [0.2, 0.25) is 0 Å². The van der Waals surface area contributed by atoms with Crippen LogP contribution in [0.4, 0.5) is 0 Å². The summed E-state index contributed by atoms with van der Waals surface area (Å²) >= 11 is 0. The fourth-order valence-electron chi connectivity index (χ4n) is 2.51. The second kappa shape index (κ2) is 19.6. The fourth-order valence-corrected chi connectivity index (χ4v) is 2.51. The summed E-state index contributed by atoms with van der Waals surface area (Å²) in [6.45, 7) is 6.18. The van der Waals surface area contributed by atoms with Crippen LogP contribution >= 0.6 is 0 Å². The molecule has 0 aliphatic rings. The highest BCUT2D eigenvalue weighted by Crippen LogP contribution is 2.08. The summed E-state index contributed by atoms with van der Waals surface area (Å²) < 4.78 is 5.04. The van der Waals surface area contributed by atoms with Crippen molar-refractivity contribution in [2.75, 3.05) is 13.2 Å². The van der Waals surface area contributed by atoms with Crippen LogP contribution < -0.4 is 5.32 Å². The van der Waals surface area contributed by atoms with Crippen LogP contribution in [0.1, 0.15) is 84.0 Å². The molecule has 4 nitrogen and oxygen atoms in total. The zero-order valence-electron chi connectivity index (χ0n) is 16.7. The average Bonchev–Trinajstić information content (AvgIpc) is 2.62. The van der Waals surface area contributed by atoms with Gasteiger partial charge in [0.15, 0.2) is 5.88 Å². The Morgan fingerprint density at radius 1 is 0.962 bits per heavy atom. The highest BCUT2D eigenvalue weighted by molar-refractivity contribution is 5.69. The third-order valence-corrected chi connectivity index (χ3v) is 4.03. The zero-order valence-corrected chi connectivity index (χ0v) is 16.7. The lowest BCUT2D eigenvalue weighted by molar-refractivity contribution is -0.143. The molecule has 150 valence electrons. The van der Waals surface area contributed by atoms with Crippen LogP contribution in [0, 0.1) is 0 Å². The van der Waals surface area contributed by atoms with Gasteiger partial charge in [0.25, 0.3) is 0 Å². The van der Waals surface area contributed by atoms with Gasteiger partial charge in [-0.1, -0.05) is 63.3 Å². The van der Waals surface area contributed by atoms with Crippen molar-refractivity contribution in [1.29, 1.82) is 0 Å². The molecule has 0 saturated carbocycles. The van der Waals surface area contributed by atoms with E-state index in [1.807, 2.05) is 0 Å². The summed E-state index contributed by atoms with van der Waals surface area (Å²) in [7, 11) is 0. The number of esters is 1. The number of aliphatic hydroxyl groups excluding tert-OH is 1. The van der Waals surface area contributed by atoms with Crippen LogP contribution in [0.3, 0.4) is 0 Å². The number of aliphatic hydroxyl groups is 1. The SMILES string of the molecule is C=C(O)NCCOC(=O)CCCCCCC/C=C/C/C=C/CCCCC. The summed E-state index contributed by atoms with van der Waals surface area (Å²) in [5.41, 5.74) is 0. The first-order valence-corrected chi connectivity index (χ1v) is 10.2. The summed E-state index contributed by atoms with van der Waals surface area (Å²) in [6, 6.07) is 0. The number of allylic oxidation sites excluding steroid dienone is 4. The standard InChI is InChI=1S/C22H39NO3/c1-3-4-5-6-7-8-9-10-11-12-13-14-15-16-17-18-22(25)26-20-19-23-21(2)24/h7-8,10-11,23-24H,2-6,9,12-20H2,1H3/b8-7+,11-10+. The molecule has 0 heterocycles. The summed E-state index contributed by atoms with van der Waals surface area (Å²) in [5, 5.41) is 11.4. The maximum atomic E-state index is 11.5.